The van der Waals surface area contributed by atoms with Crippen molar-refractivity contribution in [2.24, 2.45) is 0 Å². The molecule has 0 atom stereocenters. The van der Waals surface area contributed by atoms with Crippen molar-refractivity contribution in [3.63, 3.8) is 0 Å². The minimum absolute atomic E-state index is 0. The van der Waals surface area contributed by atoms with E-state index in [4.69, 9.17) is 0 Å². The van der Waals surface area contributed by atoms with E-state index in [1.807, 2.05) is 0 Å². The van der Waals surface area contributed by atoms with E-state index in [0.29, 0.717) is 0 Å². The molecular formula is C10H22CoO4P+. The van der Waals surface area contributed by atoms with E-state index >= 15 is 0 Å². The fourth-order valence-electron chi connectivity index (χ4n) is 1.09. The Kier molecular flexibility index (Phi) is 14.3. The van der Waals surface area contributed by atoms with Crippen molar-refractivity contribution in [3.05, 3.63) is 0 Å². The zero-order valence-electron chi connectivity index (χ0n) is 10.1. The van der Waals surface area contributed by atoms with Gasteiger partial charge in [-0.2, -0.15) is 0 Å². The monoisotopic (exact) mass is 296 g/mol. The summed E-state index contributed by atoms with van der Waals surface area (Å²) < 4.78 is 20.5. The second-order valence-corrected chi connectivity index (χ2v) is 4.94. The molecule has 16 heavy (non-hydrogen) atoms. The molecule has 0 aromatic carbocycles. The van der Waals surface area contributed by atoms with Crippen molar-refractivity contribution in [2.75, 3.05) is 13.2 Å². The summed E-state index contributed by atoms with van der Waals surface area (Å²) in [5.41, 5.74) is 0. The van der Waals surface area contributed by atoms with Crippen LogP contribution < -0.4 is 4.89 Å². The van der Waals surface area contributed by atoms with E-state index in [2.05, 4.69) is 22.9 Å². The summed E-state index contributed by atoms with van der Waals surface area (Å²) in [5, 5.41) is 0. The quantitative estimate of drug-likeness (QED) is 0.459. The third-order valence-corrected chi connectivity index (χ3v) is 2.99. The van der Waals surface area contributed by atoms with Gasteiger partial charge >= 0.3 is 16.8 Å². The fourth-order valence-corrected chi connectivity index (χ4v) is 1.87. The molecule has 0 fully saturated rings. The Hall–Kier alpha value is 0.616. The number of hydrogen-bond donors (Lipinski definition) is 0. The molecule has 4 nitrogen and oxygen atoms in total. The van der Waals surface area contributed by atoms with Crippen LogP contribution in [-0.2, 0) is 30.4 Å². The van der Waals surface area contributed by atoms with Crippen LogP contribution >= 0.6 is 7.82 Å². The van der Waals surface area contributed by atoms with Crippen molar-refractivity contribution >= 4 is 7.82 Å². The molecule has 0 spiro atoms. The number of phosphoric acid groups is 1. The zero-order chi connectivity index (χ0) is 11.6. The third kappa shape index (κ3) is 12.7. The molecule has 0 amide bonds. The van der Waals surface area contributed by atoms with Crippen LogP contribution in [0.25, 0.3) is 0 Å². The van der Waals surface area contributed by atoms with E-state index in [9.17, 15) is 9.46 Å². The summed E-state index contributed by atoms with van der Waals surface area (Å²) in [7, 11) is -4.02. The molecule has 1 radical (unpaired) electrons. The molecule has 0 saturated heterocycles. The van der Waals surface area contributed by atoms with Gasteiger partial charge in [-0.05, 0) is 12.8 Å². The first kappa shape index (κ1) is 19.0. The van der Waals surface area contributed by atoms with Gasteiger partial charge in [-0.25, -0.2) is 0 Å². The van der Waals surface area contributed by atoms with Gasteiger partial charge in [0, 0.05) is 0 Å². The Labute approximate surface area is 109 Å². The summed E-state index contributed by atoms with van der Waals surface area (Å²) in [4.78, 5) is 11.1. The Morgan fingerprint density at radius 2 is 1.31 bits per heavy atom. The maximum absolute atomic E-state index is 11.1. The van der Waals surface area contributed by atoms with Gasteiger partial charge in [-0.15, -0.1) is 0 Å². The van der Waals surface area contributed by atoms with E-state index in [1.165, 1.54) is 0 Å². The van der Waals surface area contributed by atoms with Crippen LogP contribution in [0.4, 0.5) is 0 Å². The Balaban J connectivity index is 0. The summed E-state index contributed by atoms with van der Waals surface area (Å²) in [5.74, 6) is 0. The molecule has 99 valence electrons. The molecule has 0 aliphatic rings. The normalized spacial score (nSPS) is 11.2. The van der Waals surface area contributed by atoms with Crippen LogP contribution in [0.15, 0.2) is 0 Å². The van der Waals surface area contributed by atoms with E-state index in [1.54, 1.807) is 0 Å². The first-order valence-electron chi connectivity index (χ1n) is 5.72. The molecule has 0 N–H and O–H groups in total. The first-order chi connectivity index (χ1) is 7.12. The topological polar surface area (TPSA) is 58.6 Å². The molecule has 0 aliphatic carbocycles. The van der Waals surface area contributed by atoms with Crippen molar-refractivity contribution in [3.8, 4) is 0 Å². The van der Waals surface area contributed by atoms with Gasteiger partial charge in [0.1, 0.15) is 0 Å². The van der Waals surface area contributed by atoms with Crippen LogP contribution in [-0.4, -0.2) is 13.2 Å². The van der Waals surface area contributed by atoms with Crippen molar-refractivity contribution in [2.45, 2.75) is 52.4 Å². The number of phosphoric ester groups is 1. The molecule has 0 rings (SSSR count). The Bertz CT molecular complexity index is 174. The smallest absolute Gasteiger partial charge is 0.756 e. The number of unbranched alkanes of at least 4 members (excludes halogenated alkanes) is 4. The van der Waals surface area contributed by atoms with Crippen molar-refractivity contribution in [1.29, 1.82) is 0 Å². The maximum Gasteiger partial charge on any atom is 2.00 e. The first-order valence-corrected chi connectivity index (χ1v) is 7.18. The number of hydrogen-bond acceptors (Lipinski definition) is 4. The summed E-state index contributed by atoms with van der Waals surface area (Å²) in [6.07, 6.45) is 5.58. The molecule has 6 heteroatoms. The zero-order valence-corrected chi connectivity index (χ0v) is 12.0. The van der Waals surface area contributed by atoms with Gasteiger partial charge in [0.2, 0.25) is 0 Å². The third-order valence-electron chi connectivity index (χ3n) is 1.99. The predicted molar refractivity (Wildman–Crippen MR) is 58.6 cm³/mol. The van der Waals surface area contributed by atoms with Gasteiger partial charge in [-0.3, -0.25) is 4.57 Å². The van der Waals surface area contributed by atoms with Gasteiger partial charge < -0.3 is 13.9 Å². The molecular weight excluding hydrogens is 274 g/mol. The fraction of sp³-hybridized carbons (Fsp3) is 1.00. The van der Waals surface area contributed by atoms with E-state index in [0.717, 1.165) is 38.5 Å². The molecule has 0 aromatic rings. The predicted octanol–water partition coefficient (Wildman–Crippen LogP) is 2.87. The second-order valence-electron chi connectivity index (χ2n) is 3.53. The average Bonchev–Trinajstić information content (AvgIpc) is 2.20. The Morgan fingerprint density at radius 1 is 0.938 bits per heavy atom. The van der Waals surface area contributed by atoms with Crippen LogP contribution in [0.2, 0.25) is 0 Å². The van der Waals surface area contributed by atoms with Gasteiger partial charge in [0.25, 0.3) is 7.82 Å². The van der Waals surface area contributed by atoms with E-state index < -0.39 is 7.82 Å². The standard InChI is InChI=1S/C10H23O4P.Co/c1-3-5-7-9-13-15(11,12)14-10-8-6-4-2;/h3-10H2,1-2H3,(H,11,12);/q;+2/p-1. The second kappa shape index (κ2) is 12.1. The Morgan fingerprint density at radius 3 is 1.62 bits per heavy atom. The summed E-state index contributed by atoms with van der Waals surface area (Å²) in [6.45, 7) is 4.58. The molecule has 0 unspecified atom stereocenters. The average molecular weight is 296 g/mol. The molecule has 0 aromatic heterocycles. The molecule has 0 aliphatic heterocycles. The number of rotatable bonds is 10. The van der Waals surface area contributed by atoms with Crippen LogP contribution in [0.5, 0.6) is 0 Å². The van der Waals surface area contributed by atoms with Gasteiger partial charge in [-0.1, -0.05) is 39.5 Å². The minimum atomic E-state index is -4.02. The summed E-state index contributed by atoms with van der Waals surface area (Å²) in [6, 6.07) is 0. The SMILES string of the molecule is CCCCCOP(=O)([O-])OCCCCC.[Co+2]. The maximum atomic E-state index is 11.1. The van der Waals surface area contributed by atoms with Crippen molar-refractivity contribution < 1.29 is 35.3 Å². The van der Waals surface area contributed by atoms with Crippen LogP contribution in [0.3, 0.4) is 0 Å². The largest absolute Gasteiger partial charge is 2.00 e. The molecule has 0 heterocycles. The molecule has 0 bridgehead atoms. The van der Waals surface area contributed by atoms with Gasteiger partial charge in [0.15, 0.2) is 0 Å². The van der Waals surface area contributed by atoms with E-state index in [-0.39, 0.29) is 30.0 Å². The van der Waals surface area contributed by atoms with Crippen molar-refractivity contribution in [1.82, 2.24) is 0 Å². The minimum Gasteiger partial charge on any atom is -0.756 e. The summed E-state index contributed by atoms with van der Waals surface area (Å²) >= 11 is 0. The van der Waals surface area contributed by atoms with Crippen LogP contribution in [0, 0.1) is 0 Å². The van der Waals surface area contributed by atoms with Gasteiger partial charge in [0.05, 0.1) is 13.2 Å². The van der Waals surface area contributed by atoms with Crippen LogP contribution in [0.1, 0.15) is 52.4 Å². The molecule has 0 saturated carbocycles.